The van der Waals surface area contributed by atoms with E-state index >= 15 is 0 Å². The molecule has 0 bridgehead atoms. The van der Waals surface area contributed by atoms with Crippen molar-refractivity contribution in [2.24, 2.45) is 0 Å². The summed E-state index contributed by atoms with van der Waals surface area (Å²) in [5.41, 5.74) is 1.54. The molecule has 196 valence electrons. The zero-order valence-electron chi connectivity index (χ0n) is 20.3. The number of esters is 1. The molecule has 1 amide bonds. The van der Waals surface area contributed by atoms with E-state index < -0.39 is 23.7 Å². The number of nitrogens with zero attached hydrogens (tertiary/aromatic N) is 2. The standard InChI is InChI=1S/C28H19ClN2O7S/c1-36-27(35)15-4-2-14(3-5-15)23-22(24(32)16-6-9-19-20(12-16)38-11-10-37-19)25(33)26(34)31(23)28-30-18-8-7-17(29)13-21(18)39-28/h2-9,12-13,23,32H,10-11H2,1H3/t23-/m0/s1. The van der Waals surface area contributed by atoms with Crippen LogP contribution in [0.3, 0.4) is 0 Å². The molecule has 2 aliphatic heterocycles. The summed E-state index contributed by atoms with van der Waals surface area (Å²) in [6.45, 7) is 0.744. The van der Waals surface area contributed by atoms with Gasteiger partial charge in [0.1, 0.15) is 19.0 Å². The molecular formula is C28H19ClN2O7S. The summed E-state index contributed by atoms with van der Waals surface area (Å²) in [5.74, 6) is -1.69. The predicted octanol–water partition coefficient (Wildman–Crippen LogP) is 5.13. The third-order valence-electron chi connectivity index (χ3n) is 6.45. The summed E-state index contributed by atoms with van der Waals surface area (Å²) in [7, 11) is 1.28. The molecule has 3 heterocycles. The smallest absolute Gasteiger partial charge is 0.337 e. The van der Waals surface area contributed by atoms with Crippen molar-refractivity contribution in [3.05, 3.63) is 87.9 Å². The molecule has 0 unspecified atom stereocenters. The van der Waals surface area contributed by atoms with Crippen LogP contribution in [-0.4, -0.2) is 48.1 Å². The number of anilines is 1. The number of Topliss-reactive ketones (excluding diaryl/α,β-unsaturated/α-hetero) is 1. The van der Waals surface area contributed by atoms with Crippen molar-refractivity contribution in [1.29, 1.82) is 0 Å². The van der Waals surface area contributed by atoms with Gasteiger partial charge in [-0.05, 0) is 54.1 Å². The first-order valence-electron chi connectivity index (χ1n) is 11.8. The minimum absolute atomic E-state index is 0.125. The van der Waals surface area contributed by atoms with Crippen molar-refractivity contribution in [1.82, 2.24) is 4.98 Å². The third-order valence-corrected chi connectivity index (χ3v) is 7.71. The lowest BCUT2D eigenvalue weighted by Crippen LogP contribution is -2.29. The van der Waals surface area contributed by atoms with E-state index in [0.29, 0.717) is 46.4 Å². The lowest BCUT2D eigenvalue weighted by Gasteiger charge is -2.23. The summed E-state index contributed by atoms with van der Waals surface area (Å²) >= 11 is 7.34. The number of halogens is 1. The molecule has 0 saturated carbocycles. The molecule has 4 aromatic rings. The highest BCUT2D eigenvalue weighted by Crippen LogP contribution is 2.45. The Morgan fingerprint density at radius 2 is 1.74 bits per heavy atom. The minimum Gasteiger partial charge on any atom is -0.507 e. The predicted molar refractivity (Wildman–Crippen MR) is 145 cm³/mol. The van der Waals surface area contributed by atoms with E-state index in [1.807, 2.05) is 0 Å². The van der Waals surface area contributed by atoms with Gasteiger partial charge in [0.2, 0.25) is 0 Å². The summed E-state index contributed by atoms with van der Waals surface area (Å²) in [6, 6.07) is 15.2. The second-order valence-corrected chi connectivity index (χ2v) is 10.2. The number of aliphatic hydroxyl groups is 1. The highest BCUT2D eigenvalue weighted by Gasteiger charge is 2.48. The van der Waals surface area contributed by atoms with Crippen LogP contribution in [-0.2, 0) is 14.3 Å². The lowest BCUT2D eigenvalue weighted by molar-refractivity contribution is -0.132. The molecule has 0 radical (unpaired) electrons. The fraction of sp³-hybridized carbons (Fsp3) is 0.143. The second-order valence-electron chi connectivity index (χ2n) is 8.75. The van der Waals surface area contributed by atoms with Gasteiger partial charge in [-0.1, -0.05) is 35.1 Å². The van der Waals surface area contributed by atoms with Crippen molar-refractivity contribution in [3.8, 4) is 11.5 Å². The molecule has 0 spiro atoms. The third kappa shape index (κ3) is 4.27. The Hall–Kier alpha value is -4.41. The molecule has 1 saturated heterocycles. The monoisotopic (exact) mass is 562 g/mol. The van der Waals surface area contributed by atoms with Crippen molar-refractivity contribution in [2.75, 3.05) is 25.2 Å². The maximum absolute atomic E-state index is 13.5. The van der Waals surface area contributed by atoms with Gasteiger partial charge >= 0.3 is 11.9 Å². The first kappa shape index (κ1) is 24.9. The second kappa shape index (κ2) is 9.72. The number of carbonyl (C=O) groups is 3. The van der Waals surface area contributed by atoms with Crippen molar-refractivity contribution < 1.29 is 33.7 Å². The summed E-state index contributed by atoms with van der Waals surface area (Å²) in [4.78, 5) is 44.8. The number of fused-ring (bicyclic) bond motifs is 2. The van der Waals surface area contributed by atoms with Gasteiger partial charge in [-0.25, -0.2) is 9.78 Å². The number of rotatable bonds is 4. The zero-order valence-corrected chi connectivity index (χ0v) is 21.9. The molecule has 3 aromatic carbocycles. The highest BCUT2D eigenvalue weighted by atomic mass is 35.5. The molecule has 9 nitrogen and oxygen atoms in total. The van der Waals surface area contributed by atoms with Gasteiger partial charge in [0.05, 0.1) is 34.5 Å². The Bertz CT molecular complexity index is 1700. The van der Waals surface area contributed by atoms with E-state index in [1.54, 1.807) is 48.5 Å². The fourth-order valence-corrected chi connectivity index (χ4v) is 5.87. The normalized spacial score (nSPS) is 18.0. The topological polar surface area (TPSA) is 115 Å². The van der Waals surface area contributed by atoms with Gasteiger partial charge in [0.15, 0.2) is 16.6 Å². The number of hydrogen-bond donors (Lipinski definition) is 1. The maximum atomic E-state index is 13.5. The van der Waals surface area contributed by atoms with Crippen LogP contribution in [0.2, 0.25) is 5.02 Å². The van der Waals surface area contributed by atoms with Crippen molar-refractivity contribution in [2.45, 2.75) is 6.04 Å². The van der Waals surface area contributed by atoms with E-state index in [2.05, 4.69) is 4.98 Å². The molecule has 11 heteroatoms. The number of methoxy groups -OCH3 is 1. The van der Waals surface area contributed by atoms with Crippen molar-refractivity contribution in [3.63, 3.8) is 0 Å². The fourth-order valence-electron chi connectivity index (χ4n) is 4.60. The average Bonchev–Trinajstić information content (AvgIpc) is 3.49. The van der Waals surface area contributed by atoms with Gasteiger partial charge in [0, 0.05) is 10.6 Å². The summed E-state index contributed by atoms with van der Waals surface area (Å²) < 4.78 is 16.7. The quantitative estimate of drug-likeness (QED) is 0.157. The number of thiazole rings is 1. The van der Waals surface area contributed by atoms with E-state index in [-0.39, 0.29) is 22.0 Å². The Labute approximate surface area is 230 Å². The number of ketones is 1. The van der Waals surface area contributed by atoms with Crippen LogP contribution in [0.15, 0.2) is 66.2 Å². The Morgan fingerprint density at radius 3 is 2.49 bits per heavy atom. The lowest BCUT2D eigenvalue weighted by atomic mass is 9.94. The van der Waals surface area contributed by atoms with Crippen LogP contribution >= 0.6 is 22.9 Å². The van der Waals surface area contributed by atoms with Crippen LogP contribution in [0.25, 0.3) is 16.0 Å². The largest absolute Gasteiger partial charge is 0.507 e. The maximum Gasteiger partial charge on any atom is 0.337 e. The first-order chi connectivity index (χ1) is 18.9. The number of hydrogen-bond acceptors (Lipinski definition) is 9. The first-order valence-corrected chi connectivity index (χ1v) is 13.0. The average molecular weight is 563 g/mol. The molecule has 6 rings (SSSR count). The minimum atomic E-state index is -1.03. The molecule has 1 fully saturated rings. The number of aromatic nitrogens is 1. The number of amides is 1. The van der Waals surface area contributed by atoms with E-state index in [0.717, 1.165) is 4.70 Å². The summed E-state index contributed by atoms with van der Waals surface area (Å²) in [5, 5.41) is 12.2. The van der Waals surface area contributed by atoms with Gasteiger partial charge in [0.25, 0.3) is 5.78 Å². The van der Waals surface area contributed by atoms with Gasteiger partial charge < -0.3 is 19.3 Å². The van der Waals surface area contributed by atoms with Gasteiger partial charge in [-0.15, -0.1) is 0 Å². The molecular weight excluding hydrogens is 544 g/mol. The Balaban J connectivity index is 1.52. The van der Waals surface area contributed by atoms with E-state index in [1.165, 1.54) is 35.5 Å². The number of ether oxygens (including phenoxy) is 3. The SMILES string of the molecule is COC(=O)c1ccc([C@H]2C(=C(O)c3ccc4c(c3)OCCO4)C(=O)C(=O)N2c2nc3ccc(Cl)cc3s2)cc1. The molecule has 0 aliphatic carbocycles. The van der Waals surface area contributed by atoms with Gasteiger partial charge in [-0.2, -0.15) is 0 Å². The Morgan fingerprint density at radius 1 is 1.03 bits per heavy atom. The van der Waals surface area contributed by atoms with Crippen LogP contribution in [0.1, 0.15) is 27.5 Å². The number of carbonyl (C=O) groups excluding carboxylic acids is 3. The number of benzene rings is 3. The van der Waals surface area contributed by atoms with Gasteiger partial charge in [-0.3, -0.25) is 14.5 Å². The van der Waals surface area contributed by atoms with E-state index in [9.17, 15) is 19.5 Å². The van der Waals surface area contributed by atoms with E-state index in [4.69, 9.17) is 25.8 Å². The number of aliphatic hydroxyl groups excluding tert-OH is 1. The van der Waals surface area contributed by atoms with Crippen LogP contribution < -0.4 is 14.4 Å². The van der Waals surface area contributed by atoms with Crippen LogP contribution in [0.4, 0.5) is 5.13 Å². The summed E-state index contributed by atoms with van der Waals surface area (Å²) in [6.07, 6.45) is 0. The Kier molecular flexibility index (Phi) is 6.20. The molecule has 1 aromatic heterocycles. The van der Waals surface area contributed by atoms with Crippen LogP contribution in [0, 0.1) is 0 Å². The molecule has 1 N–H and O–H groups in total. The zero-order chi connectivity index (χ0) is 27.3. The highest BCUT2D eigenvalue weighted by molar-refractivity contribution is 7.22. The molecule has 2 aliphatic rings. The molecule has 1 atom stereocenters. The molecule has 39 heavy (non-hydrogen) atoms. The van der Waals surface area contributed by atoms with Crippen molar-refractivity contribution >= 4 is 61.7 Å². The van der Waals surface area contributed by atoms with Crippen LogP contribution in [0.5, 0.6) is 11.5 Å².